The van der Waals surface area contributed by atoms with E-state index in [-0.39, 0.29) is 0 Å². The van der Waals surface area contributed by atoms with Gasteiger partial charge in [0.1, 0.15) is 5.82 Å². The minimum absolute atomic E-state index is 0.778. The fourth-order valence-corrected chi connectivity index (χ4v) is 2.96. The fraction of sp³-hybridized carbons (Fsp3) is 0.500. The molecular formula is C18H26N4. The third kappa shape index (κ3) is 4.42. The van der Waals surface area contributed by atoms with Gasteiger partial charge in [-0.3, -0.25) is 4.90 Å². The van der Waals surface area contributed by atoms with Gasteiger partial charge in [0.15, 0.2) is 0 Å². The number of piperidine rings is 1. The molecule has 118 valence electrons. The summed E-state index contributed by atoms with van der Waals surface area (Å²) in [7, 11) is 0. The van der Waals surface area contributed by atoms with Gasteiger partial charge in [-0.25, -0.2) is 4.98 Å². The monoisotopic (exact) mass is 298 g/mol. The summed E-state index contributed by atoms with van der Waals surface area (Å²) in [6.45, 7) is 7.60. The first-order valence-electron chi connectivity index (χ1n) is 8.29. The molecule has 1 fully saturated rings. The van der Waals surface area contributed by atoms with Gasteiger partial charge in [0.25, 0.3) is 0 Å². The molecule has 0 saturated carbocycles. The first-order valence-corrected chi connectivity index (χ1v) is 8.29. The predicted molar refractivity (Wildman–Crippen MR) is 89.2 cm³/mol. The summed E-state index contributed by atoms with van der Waals surface area (Å²) in [5.41, 5.74) is 2.74. The molecule has 0 unspecified atom stereocenters. The highest BCUT2D eigenvalue weighted by Gasteiger charge is 2.15. The van der Waals surface area contributed by atoms with Gasteiger partial charge in [-0.05, 0) is 43.0 Å². The fourth-order valence-electron chi connectivity index (χ4n) is 2.96. The third-order valence-corrected chi connectivity index (χ3v) is 4.48. The van der Waals surface area contributed by atoms with E-state index in [0.717, 1.165) is 31.4 Å². The SMILES string of the molecule is CC1CCN(Cc2ccc(CNCc3ncc[nH]3)cc2)CC1. The molecule has 2 aromatic rings. The second-order valence-corrected chi connectivity index (χ2v) is 6.41. The van der Waals surface area contributed by atoms with Gasteiger partial charge in [-0.15, -0.1) is 0 Å². The zero-order chi connectivity index (χ0) is 15.2. The maximum absolute atomic E-state index is 4.21. The minimum atomic E-state index is 0.778. The Morgan fingerprint density at radius 3 is 2.55 bits per heavy atom. The molecular weight excluding hydrogens is 272 g/mol. The Bertz CT molecular complexity index is 539. The molecule has 1 saturated heterocycles. The maximum Gasteiger partial charge on any atom is 0.120 e. The molecule has 0 spiro atoms. The lowest BCUT2D eigenvalue weighted by molar-refractivity contribution is 0.185. The van der Waals surface area contributed by atoms with Crippen molar-refractivity contribution >= 4 is 0 Å². The van der Waals surface area contributed by atoms with Crippen LogP contribution in [-0.4, -0.2) is 28.0 Å². The zero-order valence-corrected chi connectivity index (χ0v) is 13.4. The molecule has 0 aliphatic carbocycles. The molecule has 1 aromatic carbocycles. The van der Waals surface area contributed by atoms with Crippen molar-refractivity contribution in [3.63, 3.8) is 0 Å². The highest BCUT2D eigenvalue weighted by molar-refractivity contribution is 5.22. The van der Waals surface area contributed by atoms with Crippen molar-refractivity contribution in [1.82, 2.24) is 20.2 Å². The molecule has 4 heteroatoms. The molecule has 4 nitrogen and oxygen atoms in total. The Morgan fingerprint density at radius 1 is 1.14 bits per heavy atom. The lowest BCUT2D eigenvalue weighted by atomic mass is 9.99. The second kappa shape index (κ2) is 7.56. The van der Waals surface area contributed by atoms with Crippen LogP contribution in [0.25, 0.3) is 0 Å². The van der Waals surface area contributed by atoms with Crippen LogP contribution in [0.2, 0.25) is 0 Å². The lowest BCUT2D eigenvalue weighted by Gasteiger charge is -2.30. The summed E-state index contributed by atoms with van der Waals surface area (Å²) in [6, 6.07) is 9.00. The average Bonchev–Trinajstić information content (AvgIpc) is 3.05. The highest BCUT2D eigenvalue weighted by Crippen LogP contribution is 2.18. The molecule has 3 rings (SSSR count). The number of rotatable bonds is 6. The predicted octanol–water partition coefficient (Wildman–Crippen LogP) is 2.93. The van der Waals surface area contributed by atoms with E-state index in [4.69, 9.17) is 0 Å². The summed E-state index contributed by atoms with van der Waals surface area (Å²) in [5.74, 6) is 1.88. The van der Waals surface area contributed by atoms with E-state index in [0.29, 0.717) is 0 Å². The van der Waals surface area contributed by atoms with E-state index >= 15 is 0 Å². The number of likely N-dealkylation sites (tertiary alicyclic amines) is 1. The number of hydrogen-bond donors (Lipinski definition) is 2. The Hall–Kier alpha value is -1.65. The van der Waals surface area contributed by atoms with Crippen molar-refractivity contribution < 1.29 is 0 Å². The van der Waals surface area contributed by atoms with Gasteiger partial charge in [0.2, 0.25) is 0 Å². The van der Waals surface area contributed by atoms with Crippen molar-refractivity contribution in [3.8, 4) is 0 Å². The van der Waals surface area contributed by atoms with Gasteiger partial charge < -0.3 is 10.3 Å². The van der Waals surface area contributed by atoms with Crippen LogP contribution in [0.3, 0.4) is 0 Å². The summed E-state index contributed by atoms with van der Waals surface area (Å²) in [5, 5.41) is 3.41. The van der Waals surface area contributed by atoms with Gasteiger partial charge in [-0.2, -0.15) is 0 Å². The van der Waals surface area contributed by atoms with Crippen LogP contribution >= 0.6 is 0 Å². The summed E-state index contributed by atoms with van der Waals surface area (Å²) >= 11 is 0. The zero-order valence-electron chi connectivity index (χ0n) is 13.4. The number of nitrogens with zero attached hydrogens (tertiary/aromatic N) is 2. The van der Waals surface area contributed by atoms with E-state index in [1.165, 1.54) is 37.1 Å². The smallest absolute Gasteiger partial charge is 0.120 e. The number of hydrogen-bond acceptors (Lipinski definition) is 3. The molecule has 0 atom stereocenters. The number of aromatic nitrogens is 2. The van der Waals surface area contributed by atoms with E-state index in [9.17, 15) is 0 Å². The molecule has 0 bridgehead atoms. The number of H-pyrrole nitrogens is 1. The molecule has 22 heavy (non-hydrogen) atoms. The van der Waals surface area contributed by atoms with Gasteiger partial charge in [0.05, 0.1) is 6.54 Å². The standard InChI is InChI=1S/C18H26N4/c1-15-6-10-22(11-7-15)14-17-4-2-16(3-5-17)12-19-13-18-20-8-9-21-18/h2-5,8-9,15,19H,6-7,10-14H2,1H3,(H,20,21). The van der Waals surface area contributed by atoms with E-state index < -0.39 is 0 Å². The molecule has 1 aromatic heterocycles. The van der Waals surface area contributed by atoms with E-state index in [1.807, 2.05) is 6.20 Å². The van der Waals surface area contributed by atoms with Crippen molar-refractivity contribution in [2.75, 3.05) is 13.1 Å². The maximum atomic E-state index is 4.21. The summed E-state index contributed by atoms with van der Waals surface area (Å²) < 4.78 is 0. The minimum Gasteiger partial charge on any atom is -0.348 e. The third-order valence-electron chi connectivity index (χ3n) is 4.48. The largest absolute Gasteiger partial charge is 0.348 e. The van der Waals surface area contributed by atoms with Crippen LogP contribution in [0.15, 0.2) is 36.7 Å². The lowest BCUT2D eigenvalue weighted by Crippen LogP contribution is -2.32. The molecule has 1 aliphatic rings. The summed E-state index contributed by atoms with van der Waals surface area (Å²) in [6.07, 6.45) is 6.32. The highest BCUT2D eigenvalue weighted by atomic mass is 15.1. The first kappa shape index (κ1) is 15.3. The van der Waals surface area contributed by atoms with Crippen molar-refractivity contribution in [1.29, 1.82) is 0 Å². The van der Waals surface area contributed by atoms with Gasteiger partial charge in [-0.1, -0.05) is 31.2 Å². The van der Waals surface area contributed by atoms with Crippen LogP contribution in [0.5, 0.6) is 0 Å². The number of benzene rings is 1. The van der Waals surface area contributed by atoms with E-state index in [2.05, 4.69) is 51.4 Å². The Balaban J connectivity index is 1.43. The Labute approximate surface area is 133 Å². The van der Waals surface area contributed by atoms with E-state index in [1.54, 1.807) is 6.20 Å². The Morgan fingerprint density at radius 2 is 1.86 bits per heavy atom. The number of imidazole rings is 1. The van der Waals surface area contributed by atoms with Gasteiger partial charge in [0, 0.05) is 25.5 Å². The molecule has 0 radical (unpaired) electrons. The normalized spacial score (nSPS) is 17.0. The van der Waals surface area contributed by atoms with Crippen LogP contribution in [0, 0.1) is 5.92 Å². The molecule has 2 N–H and O–H groups in total. The topological polar surface area (TPSA) is 44.0 Å². The van der Waals surface area contributed by atoms with Crippen LogP contribution in [-0.2, 0) is 19.6 Å². The number of nitrogens with one attached hydrogen (secondary N) is 2. The van der Waals surface area contributed by atoms with Crippen LogP contribution in [0.4, 0.5) is 0 Å². The summed E-state index contributed by atoms with van der Waals surface area (Å²) in [4.78, 5) is 9.88. The second-order valence-electron chi connectivity index (χ2n) is 6.41. The van der Waals surface area contributed by atoms with Gasteiger partial charge >= 0.3 is 0 Å². The average molecular weight is 298 g/mol. The van der Waals surface area contributed by atoms with Crippen molar-refractivity contribution in [2.45, 2.75) is 39.4 Å². The number of aromatic amines is 1. The van der Waals surface area contributed by atoms with Crippen molar-refractivity contribution in [3.05, 3.63) is 53.6 Å². The quantitative estimate of drug-likeness (QED) is 0.862. The molecule has 2 heterocycles. The van der Waals surface area contributed by atoms with Crippen molar-refractivity contribution in [2.24, 2.45) is 5.92 Å². The molecule has 1 aliphatic heterocycles. The molecule has 0 amide bonds. The van der Waals surface area contributed by atoms with Crippen LogP contribution in [0.1, 0.15) is 36.7 Å². The Kier molecular flexibility index (Phi) is 5.24. The first-order chi connectivity index (χ1) is 10.8. The van der Waals surface area contributed by atoms with Crippen LogP contribution < -0.4 is 5.32 Å².